The van der Waals surface area contributed by atoms with Gasteiger partial charge in [-0.2, -0.15) is 0 Å². The molecule has 3 nitrogen and oxygen atoms in total. The van der Waals surface area contributed by atoms with E-state index in [1.54, 1.807) is 12.1 Å². The van der Waals surface area contributed by atoms with Gasteiger partial charge in [0.2, 0.25) is 5.91 Å². The molecule has 4 heteroatoms. The molecule has 0 bridgehead atoms. The predicted molar refractivity (Wildman–Crippen MR) is 77.5 cm³/mol. The third kappa shape index (κ3) is 3.37. The van der Waals surface area contributed by atoms with Crippen molar-refractivity contribution in [2.24, 2.45) is 11.7 Å². The normalized spacial score (nSPS) is 27.9. The van der Waals surface area contributed by atoms with Gasteiger partial charge in [0.25, 0.3) is 0 Å². The molecular weight excluding hydrogens is 255 g/mol. The van der Waals surface area contributed by atoms with Crippen molar-refractivity contribution in [1.29, 1.82) is 0 Å². The van der Waals surface area contributed by atoms with Crippen LogP contribution in [0, 0.1) is 11.7 Å². The molecule has 0 radical (unpaired) electrons. The molecule has 0 aliphatic heterocycles. The first-order valence-electron chi connectivity index (χ1n) is 7.26. The van der Waals surface area contributed by atoms with E-state index in [1.165, 1.54) is 12.1 Å². The average Bonchev–Trinajstić information content (AvgIpc) is 2.39. The van der Waals surface area contributed by atoms with Gasteiger partial charge in [-0.15, -0.1) is 0 Å². The van der Waals surface area contributed by atoms with E-state index in [1.807, 2.05) is 6.92 Å². The van der Waals surface area contributed by atoms with Crippen molar-refractivity contribution in [2.75, 3.05) is 0 Å². The largest absolute Gasteiger partial charge is 0.348 e. The number of nitrogens with one attached hydrogen (secondary N) is 1. The fourth-order valence-corrected chi connectivity index (χ4v) is 2.97. The molecule has 3 N–H and O–H groups in total. The first kappa shape index (κ1) is 15.0. The summed E-state index contributed by atoms with van der Waals surface area (Å²) in [5.41, 5.74) is 6.40. The highest BCUT2D eigenvalue weighted by Gasteiger charge is 2.38. The molecule has 3 atom stereocenters. The van der Waals surface area contributed by atoms with E-state index in [2.05, 4.69) is 12.2 Å². The van der Waals surface area contributed by atoms with Gasteiger partial charge in [0.15, 0.2) is 0 Å². The molecule has 1 fully saturated rings. The number of benzene rings is 1. The molecule has 1 saturated carbocycles. The van der Waals surface area contributed by atoms with Crippen LogP contribution >= 0.6 is 0 Å². The highest BCUT2D eigenvalue weighted by atomic mass is 19.1. The molecule has 110 valence electrons. The van der Waals surface area contributed by atoms with Crippen LogP contribution in [0.25, 0.3) is 0 Å². The Morgan fingerprint density at radius 2 is 2.10 bits per heavy atom. The minimum absolute atomic E-state index is 0.0964. The van der Waals surface area contributed by atoms with E-state index in [4.69, 9.17) is 5.73 Å². The molecule has 3 unspecified atom stereocenters. The molecule has 20 heavy (non-hydrogen) atoms. The molecule has 0 saturated heterocycles. The van der Waals surface area contributed by atoms with Gasteiger partial charge in [-0.05, 0) is 43.4 Å². The summed E-state index contributed by atoms with van der Waals surface area (Å²) in [4.78, 5) is 12.4. The zero-order valence-electron chi connectivity index (χ0n) is 12.2. The number of nitrogens with two attached hydrogens (primary N) is 1. The second-order valence-electron chi connectivity index (χ2n) is 6.10. The van der Waals surface area contributed by atoms with E-state index in [-0.39, 0.29) is 17.8 Å². The summed E-state index contributed by atoms with van der Waals surface area (Å²) in [7, 11) is 0. The molecule has 1 aliphatic rings. The van der Waals surface area contributed by atoms with Gasteiger partial charge in [-0.25, -0.2) is 4.39 Å². The zero-order valence-corrected chi connectivity index (χ0v) is 12.2. The Morgan fingerprint density at radius 1 is 1.45 bits per heavy atom. The highest BCUT2D eigenvalue weighted by Crippen LogP contribution is 2.31. The summed E-state index contributed by atoms with van der Waals surface area (Å²) >= 11 is 0. The molecule has 1 amide bonds. The molecule has 1 aromatic rings. The summed E-state index contributed by atoms with van der Waals surface area (Å²) in [5.74, 6) is 0.116. The number of rotatable bonds is 3. The maximum Gasteiger partial charge on any atom is 0.240 e. The first-order chi connectivity index (χ1) is 9.40. The molecule has 2 rings (SSSR count). The van der Waals surface area contributed by atoms with Crippen molar-refractivity contribution in [2.45, 2.75) is 51.1 Å². The fraction of sp³-hybridized carbons (Fsp3) is 0.562. The SMILES string of the molecule is CC1CCCC(N)(C(=O)NC(C)c2ccc(F)cc2)C1. The number of carbonyl (C=O) groups is 1. The van der Waals surface area contributed by atoms with Gasteiger partial charge in [0.1, 0.15) is 5.82 Å². The monoisotopic (exact) mass is 278 g/mol. The molecule has 1 aliphatic carbocycles. The van der Waals surface area contributed by atoms with Crippen LogP contribution < -0.4 is 11.1 Å². The van der Waals surface area contributed by atoms with E-state index >= 15 is 0 Å². The number of halogens is 1. The maximum absolute atomic E-state index is 12.9. The smallest absolute Gasteiger partial charge is 0.240 e. The van der Waals surface area contributed by atoms with Crippen molar-refractivity contribution in [3.63, 3.8) is 0 Å². The van der Waals surface area contributed by atoms with Gasteiger partial charge in [-0.3, -0.25) is 4.79 Å². The van der Waals surface area contributed by atoms with Crippen LogP contribution in [0.4, 0.5) is 4.39 Å². The number of hydrogen-bond acceptors (Lipinski definition) is 2. The quantitative estimate of drug-likeness (QED) is 0.893. The summed E-state index contributed by atoms with van der Waals surface area (Å²) in [6.07, 6.45) is 3.60. The number of amides is 1. The van der Waals surface area contributed by atoms with E-state index in [0.717, 1.165) is 31.2 Å². The van der Waals surface area contributed by atoms with Gasteiger partial charge >= 0.3 is 0 Å². The van der Waals surface area contributed by atoms with Gasteiger partial charge in [-0.1, -0.05) is 31.9 Å². The number of carbonyl (C=O) groups excluding carboxylic acids is 1. The van der Waals surface area contributed by atoms with Crippen LogP contribution in [0.1, 0.15) is 51.1 Å². The van der Waals surface area contributed by atoms with Crippen molar-refractivity contribution < 1.29 is 9.18 Å². The van der Waals surface area contributed by atoms with E-state index in [0.29, 0.717) is 5.92 Å². The van der Waals surface area contributed by atoms with Crippen LogP contribution in [0.5, 0.6) is 0 Å². The Bertz CT molecular complexity index is 474. The van der Waals surface area contributed by atoms with Crippen molar-refractivity contribution in [1.82, 2.24) is 5.32 Å². The highest BCUT2D eigenvalue weighted by molar-refractivity contribution is 5.86. The predicted octanol–water partition coefficient (Wildman–Crippen LogP) is 2.91. The lowest BCUT2D eigenvalue weighted by Gasteiger charge is -2.36. The second kappa shape index (κ2) is 5.92. The van der Waals surface area contributed by atoms with Gasteiger partial charge in [0, 0.05) is 0 Å². The topological polar surface area (TPSA) is 55.1 Å². The average molecular weight is 278 g/mol. The Kier molecular flexibility index (Phi) is 4.43. The van der Waals surface area contributed by atoms with Crippen LogP contribution in [-0.4, -0.2) is 11.4 Å². The first-order valence-corrected chi connectivity index (χ1v) is 7.26. The molecule has 0 heterocycles. The Morgan fingerprint density at radius 3 is 2.70 bits per heavy atom. The molecule has 0 spiro atoms. The summed E-state index contributed by atoms with van der Waals surface area (Å²) < 4.78 is 12.9. The lowest BCUT2D eigenvalue weighted by molar-refractivity contribution is -0.128. The minimum atomic E-state index is -0.758. The third-order valence-electron chi connectivity index (χ3n) is 4.20. The van der Waals surface area contributed by atoms with E-state index in [9.17, 15) is 9.18 Å². The zero-order chi connectivity index (χ0) is 14.8. The lowest BCUT2D eigenvalue weighted by Crippen LogP contribution is -2.56. The van der Waals surface area contributed by atoms with Crippen molar-refractivity contribution in [3.8, 4) is 0 Å². The summed E-state index contributed by atoms with van der Waals surface area (Å²) in [5, 5.41) is 2.96. The minimum Gasteiger partial charge on any atom is -0.348 e. The summed E-state index contributed by atoms with van der Waals surface area (Å²) in [6, 6.07) is 6.01. The fourth-order valence-electron chi connectivity index (χ4n) is 2.97. The van der Waals surface area contributed by atoms with Crippen LogP contribution in [0.3, 0.4) is 0 Å². The summed E-state index contributed by atoms with van der Waals surface area (Å²) in [6.45, 7) is 4.03. The van der Waals surface area contributed by atoms with Crippen LogP contribution in [0.15, 0.2) is 24.3 Å². The van der Waals surface area contributed by atoms with Crippen molar-refractivity contribution >= 4 is 5.91 Å². The molecular formula is C16H23FN2O. The standard InChI is InChI=1S/C16H23FN2O/c1-11-4-3-9-16(18,10-11)15(20)19-12(2)13-5-7-14(17)8-6-13/h5-8,11-12H,3-4,9-10,18H2,1-2H3,(H,19,20). The van der Waals surface area contributed by atoms with Crippen LogP contribution in [-0.2, 0) is 4.79 Å². The molecule has 1 aromatic carbocycles. The van der Waals surface area contributed by atoms with Crippen LogP contribution in [0.2, 0.25) is 0 Å². The lowest BCUT2D eigenvalue weighted by atomic mass is 9.76. The third-order valence-corrected chi connectivity index (χ3v) is 4.20. The van der Waals surface area contributed by atoms with Crippen molar-refractivity contribution in [3.05, 3.63) is 35.6 Å². The second-order valence-corrected chi connectivity index (χ2v) is 6.10. The Hall–Kier alpha value is -1.42. The van der Waals surface area contributed by atoms with E-state index < -0.39 is 5.54 Å². The Labute approximate surface area is 119 Å². The maximum atomic E-state index is 12.9. The Balaban J connectivity index is 2.01. The number of hydrogen-bond donors (Lipinski definition) is 2. The van der Waals surface area contributed by atoms with Gasteiger partial charge in [0.05, 0.1) is 11.6 Å². The van der Waals surface area contributed by atoms with Gasteiger partial charge < -0.3 is 11.1 Å². The molecule has 0 aromatic heterocycles.